The van der Waals surface area contributed by atoms with Gasteiger partial charge in [0.15, 0.2) is 34.5 Å². The summed E-state index contributed by atoms with van der Waals surface area (Å²) in [6.45, 7) is 5.24. The van der Waals surface area contributed by atoms with Gasteiger partial charge in [0.1, 0.15) is 11.5 Å². The Hall–Kier alpha value is -2.02. The molecular weight excluding hydrogens is 407 g/mol. The van der Waals surface area contributed by atoms with Crippen LogP contribution in [0.2, 0.25) is 0 Å². The van der Waals surface area contributed by atoms with Crippen LogP contribution in [0, 0.1) is 20.8 Å². The molecule has 5 heteroatoms. The first-order valence-corrected chi connectivity index (χ1v) is 7.88. The van der Waals surface area contributed by atoms with Gasteiger partial charge < -0.3 is 13.3 Å². The highest BCUT2D eigenvalue weighted by molar-refractivity contribution is 14.1. The second kappa shape index (κ2) is 7.04. The smallest absolute Gasteiger partial charge is 0.192 e. The van der Waals surface area contributed by atoms with Crippen LogP contribution in [0.4, 0.5) is 0 Å². The number of allylic oxidation sites excluding steroid dienone is 1. The molecule has 0 radical (unpaired) electrons. The Morgan fingerprint density at radius 3 is 2.35 bits per heavy atom. The Labute approximate surface area is 149 Å². The van der Waals surface area contributed by atoms with E-state index in [1.54, 1.807) is 74.1 Å². The summed E-state index contributed by atoms with van der Waals surface area (Å²) in [4.78, 5) is 12.6. The number of phenols is 2. The Morgan fingerprint density at radius 1 is 1.09 bits per heavy atom. The minimum atomic E-state index is -0.247. The lowest BCUT2D eigenvalue weighted by molar-refractivity contribution is 0.104. The van der Waals surface area contributed by atoms with Gasteiger partial charge >= 0.3 is 0 Å². The normalized spacial score (nSPS) is 11.0. The standard InChI is InChI=1S/C18H17IO4/c1-10-11(2)17(22)12(3)18(23-19)16(10)15(21)9-8-13-6-4-5-7-14(13)20/h4-9,20,22H,1-3H3/b9-8+. The van der Waals surface area contributed by atoms with E-state index in [4.69, 9.17) is 3.07 Å². The second-order valence-electron chi connectivity index (χ2n) is 5.26. The molecule has 2 rings (SSSR count). The number of hydrogen-bond acceptors (Lipinski definition) is 4. The van der Waals surface area contributed by atoms with Crippen LogP contribution in [0.15, 0.2) is 30.3 Å². The molecule has 0 amide bonds. The maximum atomic E-state index is 12.6. The quantitative estimate of drug-likeness (QED) is 0.426. The molecule has 0 fully saturated rings. The second-order valence-corrected chi connectivity index (χ2v) is 5.70. The third-order valence-electron chi connectivity index (χ3n) is 3.89. The van der Waals surface area contributed by atoms with Crippen LogP contribution in [0.3, 0.4) is 0 Å². The molecule has 4 nitrogen and oxygen atoms in total. The summed E-state index contributed by atoms with van der Waals surface area (Å²) in [5, 5.41) is 19.9. The fourth-order valence-electron chi connectivity index (χ4n) is 2.38. The van der Waals surface area contributed by atoms with E-state index in [1.165, 1.54) is 6.08 Å². The van der Waals surface area contributed by atoms with E-state index < -0.39 is 0 Å². The van der Waals surface area contributed by atoms with Crippen LogP contribution >= 0.6 is 23.0 Å². The molecule has 0 aliphatic carbocycles. The number of aromatic hydroxyl groups is 2. The van der Waals surface area contributed by atoms with Crippen molar-refractivity contribution in [2.24, 2.45) is 0 Å². The maximum absolute atomic E-state index is 12.6. The number of halogens is 1. The molecule has 120 valence electrons. The van der Waals surface area contributed by atoms with Gasteiger partial charge in [-0.2, -0.15) is 0 Å². The first-order valence-electron chi connectivity index (χ1n) is 7.00. The highest BCUT2D eigenvalue weighted by Crippen LogP contribution is 2.38. The van der Waals surface area contributed by atoms with Gasteiger partial charge in [-0.1, -0.05) is 18.2 Å². The van der Waals surface area contributed by atoms with E-state index in [-0.39, 0.29) is 17.3 Å². The highest BCUT2D eigenvalue weighted by Gasteiger charge is 2.21. The van der Waals surface area contributed by atoms with Crippen LogP contribution < -0.4 is 3.07 Å². The lowest BCUT2D eigenvalue weighted by Gasteiger charge is -2.15. The zero-order valence-electron chi connectivity index (χ0n) is 13.1. The van der Waals surface area contributed by atoms with E-state index in [0.717, 1.165) is 0 Å². The van der Waals surface area contributed by atoms with Gasteiger partial charge in [0.05, 0.1) is 5.56 Å². The monoisotopic (exact) mass is 424 g/mol. The summed E-state index contributed by atoms with van der Waals surface area (Å²) in [5.41, 5.74) is 2.83. The molecular formula is C18H17IO4. The molecule has 2 aromatic carbocycles. The molecule has 0 atom stereocenters. The number of phenolic OH excluding ortho intramolecular Hbond substituents is 2. The molecule has 0 aromatic heterocycles. The molecule has 0 saturated carbocycles. The summed E-state index contributed by atoms with van der Waals surface area (Å²) in [5.74, 6) is 0.355. The molecule has 0 aliphatic rings. The van der Waals surface area contributed by atoms with Gasteiger partial charge in [-0.15, -0.1) is 0 Å². The van der Waals surface area contributed by atoms with Gasteiger partial charge in [0.2, 0.25) is 0 Å². The van der Waals surface area contributed by atoms with Crippen LogP contribution in [-0.4, -0.2) is 16.0 Å². The number of benzene rings is 2. The number of ketones is 1. The zero-order chi connectivity index (χ0) is 17.1. The van der Waals surface area contributed by atoms with Gasteiger partial charge in [-0.3, -0.25) is 4.79 Å². The first kappa shape index (κ1) is 17.3. The van der Waals surface area contributed by atoms with Gasteiger partial charge in [-0.25, -0.2) is 0 Å². The highest BCUT2D eigenvalue weighted by atomic mass is 127. The summed E-state index contributed by atoms with van der Waals surface area (Å²) < 4.78 is 5.30. The van der Waals surface area contributed by atoms with Crippen molar-refractivity contribution in [1.29, 1.82) is 0 Å². The average Bonchev–Trinajstić information content (AvgIpc) is 2.55. The maximum Gasteiger partial charge on any atom is 0.192 e. The van der Waals surface area contributed by atoms with Crippen molar-refractivity contribution >= 4 is 34.9 Å². The van der Waals surface area contributed by atoms with Crippen molar-refractivity contribution in [3.63, 3.8) is 0 Å². The third kappa shape index (κ3) is 3.34. The lowest BCUT2D eigenvalue weighted by atomic mass is 9.94. The summed E-state index contributed by atoms with van der Waals surface area (Å²) in [6, 6.07) is 6.77. The van der Waals surface area contributed by atoms with Crippen molar-refractivity contribution < 1.29 is 18.1 Å². The van der Waals surface area contributed by atoms with Crippen molar-refractivity contribution in [2.75, 3.05) is 0 Å². The number of hydrogen-bond donors (Lipinski definition) is 2. The predicted molar refractivity (Wildman–Crippen MR) is 98.4 cm³/mol. The average molecular weight is 424 g/mol. The molecule has 23 heavy (non-hydrogen) atoms. The first-order chi connectivity index (χ1) is 10.9. The van der Waals surface area contributed by atoms with Gasteiger partial charge in [0, 0.05) is 11.1 Å². The molecule has 0 aliphatic heterocycles. The molecule has 0 saturated heterocycles. The van der Waals surface area contributed by atoms with Crippen molar-refractivity contribution in [1.82, 2.24) is 0 Å². The molecule has 0 bridgehead atoms. The Balaban J connectivity index is 2.50. The Kier molecular flexibility index (Phi) is 5.30. The van der Waals surface area contributed by atoms with E-state index in [2.05, 4.69) is 0 Å². The number of para-hydroxylation sites is 1. The summed E-state index contributed by atoms with van der Waals surface area (Å²) in [6.07, 6.45) is 2.96. The van der Waals surface area contributed by atoms with Crippen LogP contribution in [0.1, 0.15) is 32.6 Å². The summed E-state index contributed by atoms with van der Waals surface area (Å²) in [7, 11) is 0. The van der Waals surface area contributed by atoms with E-state index in [9.17, 15) is 15.0 Å². The predicted octanol–water partition coefficient (Wildman–Crippen LogP) is 4.65. The van der Waals surface area contributed by atoms with E-state index in [1.807, 2.05) is 0 Å². The molecule has 2 N–H and O–H groups in total. The zero-order valence-corrected chi connectivity index (χ0v) is 15.2. The topological polar surface area (TPSA) is 66.8 Å². The number of carbonyl (C=O) groups excluding carboxylic acids is 1. The third-order valence-corrected chi connectivity index (χ3v) is 4.33. The Morgan fingerprint density at radius 2 is 1.74 bits per heavy atom. The molecule has 2 aromatic rings. The van der Waals surface area contributed by atoms with Crippen molar-refractivity contribution in [3.05, 3.63) is 58.2 Å². The lowest BCUT2D eigenvalue weighted by Crippen LogP contribution is -2.04. The number of rotatable bonds is 4. The summed E-state index contributed by atoms with van der Waals surface area (Å²) >= 11 is 1.70. The Bertz CT molecular complexity index is 794. The fourth-order valence-corrected chi connectivity index (χ4v) is 2.93. The van der Waals surface area contributed by atoms with Crippen LogP contribution in [0.5, 0.6) is 17.2 Å². The van der Waals surface area contributed by atoms with Gasteiger partial charge in [-0.05, 0) is 50.1 Å². The SMILES string of the molecule is Cc1c(C)c(C(=O)/C=C/c2ccccc2O)c(OI)c(C)c1O. The molecule has 0 spiro atoms. The largest absolute Gasteiger partial charge is 0.507 e. The van der Waals surface area contributed by atoms with E-state index in [0.29, 0.717) is 33.6 Å². The minimum absolute atomic E-state index is 0.108. The van der Waals surface area contributed by atoms with Gasteiger partial charge in [0.25, 0.3) is 0 Å². The van der Waals surface area contributed by atoms with Crippen LogP contribution in [0.25, 0.3) is 6.08 Å². The minimum Gasteiger partial charge on any atom is -0.507 e. The van der Waals surface area contributed by atoms with E-state index >= 15 is 0 Å². The van der Waals surface area contributed by atoms with Crippen molar-refractivity contribution in [3.8, 4) is 17.2 Å². The number of carbonyl (C=O) groups is 1. The van der Waals surface area contributed by atoms with Crippen molar-refractivity contribution in [2.45, 2.75) is 20.8 Å². The molecule has 0 unspecified atom stereocenters. The fraction of sp³-hybridized carbons (Fsp3) is 0.167. The van der Waals surface area contributed by atoms with Crippen LogP contribution in [-0.2, 0) is 0 Å². The molecule has 0 heterocycles.